The Morgan fingerprint density at radius 1 is 1.00 bits per heavy atom. The molecule has 2 aromatic heterocycles. The number of hydrogen-bond donors (Lipinski definition) is 2. The summed E-state index contributed by atoms with van der Waals surface area (Å²) in [6.45, 7) is 0. The van der Waals surface area contributed by atoms with Crippen molar-refractivity contribution in [2.75, 3.05) is 0 Å². The second-order valence-electron chi connectivity index (χ2n) is 7.10. The molecule has 0 aliphatic heterocycles. The summed E-state index contributed by atoms with van der Waals surface area (Å²) in [5.41, 5.74) is 5.20. The second kappa shape index (κ2) is 6.20. The molecule has 1 unspecified atom stereocenters. The monoisotopic (exact) mass is 359 g/mol. The summed E-state index contributed by atoms with van der Waals surface area (Å²) in [5, 5.41) is 9.76. The Hall–Kier alpha value is -3.21. The van der Waals surface area contributed by atoms with E-state index in [1.54, 1.807) is 18.5 Å². The maximum atomic E-state index is 14.7. The first kappa shape index (κ1) is 16.0. The van der Waals surface area contributed by atoms with Crippen LogP contribution in [0.2, 0.25) is 0 Å². The number of nitrogens with zero attached hydrogens (tertiary/aromatic N) is 2. The predicted molar refractivity (Wildman–Crippen MR) is 102 cm³/mol. The third kappa shape index (κ3) is 2.85. The van der Waals surface area contributed by atoms with Gasteiger partial charge in [-0.2, -0.15) is 0 Å². The number of hydrogen-bond acceptors (Lipinski definition) is 3. The highest BCUT2D eigenvalue weighted by Gasteiger charge is 2.24. The minimum atomic E-state index is -0.299. The van der Waals surface area contributed by atoms with E-state index < -0.39 is 0 Å². The minimum absolute atomic E-state index is 0.190. The molecule has 0 amide bonds. The third-order valence-corrected chi connectivity index (χ3v) is 5.38. The molecule has 0 bridgehead atoms. The summed E-state index contributed by atoms with van der Waals surface area (Å²) in [4.78, 5) is 11.9. The summed E-state index contributed by atoms with van der Waals surface area (Å²) in [6, 6.07) is 12.7. The summed E-state index contributed by atoms with van der Waals surface area (Å²) in [5.74, 6) is 0.985. The lowest BCUT2D eigenvalue weighted by molar-refractivity contribution is 0.471. The van der Waals surface area contributed by atoms with Gasteiger partial charge < -0.3 is 10.1 Å². The van der Waals surface area contributed by atoms with Gasteiger partial charge in [0.1, 0.15) is 22.9 Å². The molecular weight excluding hydrogens is 341 g/mol. The molecule has 4 aromatic rings. The van der Waals surface area contributed by atoms with Crippen LogP contribution in [0.1, 0.15) is 29.3 Å². The van der Waals surface area contributed by atoms with Gasteiger partial charge in [0, 0.05) is 18.3 Å². The Kier molecular flexibility index (Phi) is 3.67. The molecule has 0 saturated heterocycles. The van der Waals surface area contributed by atoms with Gasteiger partial charge >= 0.3 is 0 Å². The fraction of sp³-hybridized carbons (Fsp3) is 0.182. The average Bonchev–Trinajstić information content (AvgIpc) is 3.13. The Bertz CT molecular complexity index is 1140. The number of nitrogens with one attached hydrogen (secondary N) is 1. The average molecular weight is 359 g/mol. The number of imidazole rings is 1. The van der Waals surface area contributed by atoms with Crippen molar-refractivity contribution >= 4 is 11.0 Å². The SMILES string of the molecule is Oc1ccc2c(c1)CC(c1nc3cc(-c4ccncc4)cc(F)c3[nH]1)CC2. The third-order valence-electron chi connectivity index (χ3n) is 5.38. The van der Waals surface area contributed by atoms with E-state index in [4.69, 9.17) is 4.98 Å². The van der Waals surface area contributed by atoms with Crippen molar-refractivity contribution in [1.29, 1.82) is 0 Å². The van der Waals surface area contributed by atoms with E-state index in [0.29, 0.717) is 11.0 Å². The number of phenols is 1. The van der Waals surface area contributed by atoms with Crippen molar-refractivity contribution in [2.24, 2.45) is 0 Å². The van der Waals surface area contributed by atoms with Gasteiger partial charge in [-0.1, -0.05) is 6.07 Å². The first-order chi connectivity index (χ1) is 13.2. The summed E-state index contributed by atoms with van der Waals surface area (Å²) >= 11 is 0. The highest BCUT2D eigenvalue weighted by atomic mass is 19.1. The topological polar surface area (TPSA) is 61.8 Å². The van der Waals surface area contributed by atoms with Gasteiger partial charge in [-0.05, 0) is 77.9 Å². The van der Waals surface area contributed by atoms with Gasteiger partial charge in [0.25, 0.3) is 0 Å². The zero-order chi connectivity index (χ0) is 18.4. The van der Waals surface area contributed by atoms with Gasteiger partial charge in [0.05, 0.1) is 5.52 Å². The Morgan fingerprint density at radius 2 is 1.85 bits per heavy atom. The van der Waals surface area contributed by atoms with Crippen LogP contribution >= 0.6 is 0 Å². The molecule has 134 valence electrons. The molecule has 1 atom stereocenters. The molecular formula is C22H18FN3O. The Labute approximate surface area is 155 Å². The number of aromatic amines is 1. The summed E-state index contributed by atoms with van der Waals surface area (Å²) in [7, 11) is 0. The van der Waals surface area contributed by atoms with Crippen LogP contribution in [-0.2, 0) is 12.8 Å². The highest BCUT2D eigenvalue weighted by Crippen LogP contribution is 2.34. The predicted octanol–water partition coefficient (Wildman–Crippen LogP) is 4.74. The molecule has 1 aliphatic carbocycles. The van der Waals surface area contributed by atoms with Crippen LogP contribution in [0.4, 0.5) is 4.39 Å². The van der Waals surface area contributed by atoms with Crippen LogP contribution in [0, 0.1) is 5.82 Å². The number of H-pyrrole nitrogens is 1. The fourth-order valence-corrected chi connectivity index (χ4v) is 3.97. The normalized spacial score (nSPS) is 16.4. The van der Waals surface area contributed by atoms with Gasteiger partial charge in [-0.15, -0.1) is 0 Å². The van der Waals surface area contributed by atoms with E-state index in [9.17, 15) is 9.50 Å². The maximum Gasteiger partial charge on any atom is 0.149 e. The molecule has 1 aliphatic rings. The molecule has 0 fully saturated rings. The van der Waals surface area contributed by atoms with Crippen molar-refractivity contribution in [1.82, 2.24) is 15.0 Å². The number of rotatable bonds is 2. The van der Waals surface area contributed by atoms with Crippen molar-refractivity contribution < 1.29 is 9.50 Å². The number of benzene rings is 2. The van der Waals surface area contributed by atoms with Gasteiger partial charge in [0.2, 0.25) is 0 Å². The van der Waals surface area contributed by atoms with Crippen molar-refractivity contribution in [3.05, 3.63) is 77.6 Å². The number of aromatic hydroxyl groups is 1. The fourth-order valence-electron chi connectivity index (χ4n) is 3.97. The number of phenolic OH excluding ortho intramolecular Hbond substituents is 1. The molecule has 2 heterocycles. The minimum Gasteiger partial charge on any atom is -0.508 e. The first-order valence-corrected chi connectivity index (χ1v) is 9.08. The lowest BCUT2D eigenvalue weighted by Gasteiger charge is -2.23. The van der Waals surface area contributed by atoms with E-state index in [-0.39, 0.29) is 17.5 Å². The molecule has 0 saturated carbocycles. The largest absolute Gasteiger partial charge is 0.508 e. The van der Waals surface area contributed by atoms with Crippen LogP contribution in [0.5, 0.6) is 5.75 Å². The van der Waals surface area contributed by atoms with Crippen LogP contribution < -0.4 is 0 Å². The number of aryl methyl sites for hydroxylation is 1. The zero-order valence-electron chi connectivity index (χ0n) is 14.6. The van der Waals surface area contributed by atoms with E-state index in [2.05, 4.69) is 9.97 Å². The number of aromatic nitrogens is 3. The van der Waals surface area contributed by atoms with Crippen LogP contribution in [-0.4, -0.2) is 20.1 Å². The molecule has 5 rings (SSSR count). The lowest BCUT2D eigenvalue weighted by atomic mass is 9.83. The highest BCUT2D eigenvalue weighted by molar-refractivity contribution is 5.82. The smallest absolute Gasteiger partial charge is 0.149 e. The Morgan fingerprint density at radius 3 is 2.70 bits per heavy atom. The van der Waals surface area contributed by atoms with Gasteiger partial charge in [-0.25, -0.2) is 9.37 Å². The molecule has 5 heteroatoms. The van der Waals surface area contributed by atoms with E-state index in [1.807, 2.05) is 30.3 Å². The van der Waals surface area contributed by atoms with Crippen LogP contribution in [0.15, 0.2) is 54.9 Å². The zero-order valence-corrected chi connectivity index (χ0v) is 14.6. The molecule has 2 N–H and O–H groups in total. The quantitative estimate of drug-likeness (QED) is 0.543. The van der Waals surface area contributed by atoms with Crippen molar-refractivity contribution in [3.63, 3.8) is 0 Å². The molecule has 4 nitrogen and oxygen atoms in total. The van der Waals surface area contributed by atoms with Crippen molar-refractivity contribution in [2.45, 2.75) is 25.2 Å². The second-order valence-corrected chi connectivity index (χ2v) is 7.10. The number of pyridine rings is 1. The number of halogens is 1. The van der Waals surface area contributed by atoms with Crippen molar-refractivity contribution in [3.8, 4) is 16.9 Å². The van der Waals surface area contributed by atoms with E-state index in [0.717, 1.165) is 41.8 Å². The summed E-state index contributed by atoms with van der Waals surface area (Å²) < 4.78 is 14.7. The molecule has 0 radical (unpaired) electrons. The van der Waals surface area contributed by atoms with Gasteiger partial charge in [0.15, 0.2) is 0 Å². The lowest BCUT2D eigenvalue weighted by Crippen LogP contribution is -2.13. The first-order valence-electron chi connectivity index (χ1n) is 9.08. The standard InChI is InChI=1S/C22H18FN3O/c23-19-11-17(14-5-7-24-8-6-14)12-20-21(19)26-22(25-20)15-2-1-13-3-4-18(27)10-16(13)9-15/h3-8,10-12,15,27H,1-2,9H2,(H,25,26). The number of fused-ring (bicyclic) bond motifs is 2. The maximum absolute atomic E-state index is 14.7. The van der Waals surface area contributed by atoms with Crippen LogP contribution in [0.25, 0.3) is 22.2 Å². The molecule has 0 spiro atoms. The summed E-state index contributed by atoms with van der Waals surface area (Å²) in [6.07, 6.45) is 6.07. The van der Waals surface area contributed by atoms with Crippen LogP contribution in [0.3, 0.4) is 0 Å². The molecule has 27 heavy (non-hydrogen) atoms. The Balaban J connectivity index is 1.53. The van der Waals surface area contributed by atoms with E-state index in [1.165, 1.54) is 11.6 Å². The molecule has 2 aromatic carbocycles. The van der Waals surface area contributed by atoms with E-state index >= 15 is 0 Å². The van der Waals surface area contributed by atoms with Gasteiger partial charge in [-0.3, -0.25) is 4.98 Å².